The van der Waals surface area contributed by atoms with Crippen molar-refractivity contribution in [3.63, 3.8) is 0 Å². The van der Waals surface area contributed by atoms with Gasteiger partial charge in [0.05, 0.1) is 34.0 Å². The van der Waals surface area contributed by atoms with Crippen LogP contribution in [0.15, 0.2) is 39.5 Å². The van der Waals surface area contributed by atoms with Gasteiger partial charge in [0.1, 0.15) is 52.6 Å². The maximum Gasteiger partial charge on any atom is 0.252 e. The van der Waals surface area contributed by atoms with E-state index >= 15 is 0 Å². The number of hydrogen-bond donors (Lipinski definition) is 4. The van der Waals surface area contributed by atoms with E-state index in [0.717, 1.165) is 19.3 Å². The molecule has 220 valence electrons. The van der Waals surface area contributed by atoms with Crippen molar-refractivity contribution in [2.45, 2.75) is 55.8 Å². The molecule has 2 fully saturated rings. The van der Waals surface area contributed by atoms with Gasteiger partial charge < -0.3 is 48.7 Å². The number of ether oxygens (including phenoxy) is 5. The molecule has 2 aliphatic rings. The van der Waals surface area contributed by atoms with Crippen LogP contribution in [0.1, 0.15) is 30.9 Å². The van der Waals surface area contributed by atoms with Crippen molar-refractivity contribution in [2.24, 2.45) is 0 Å². The minimum absolute atomic E-state index is 0.0272. The number of rotatable bonds is 8. The molecule has 1 saturated heterocycles. The van der Waals surface area contributed by atoms with Crippen molar-refractivity contribution in [3.8, 4) is 34.3 Å². The Bertz CT molecular complexity index is 1500. The van der Waals surface area contributed by atoms with E-state index in [1.165, 1.54) is 40.6 Å². The van der Waals surface area contributed by atoms with E-state index in [0.29, 0.717) is 17.1 Å². The minimum Gasteiger partial charge on any atom is -0.496 e. The molecule has 5 atom stereocenters. The number of aliphatic hydroxyl groups excluding tert-OH is 3. The highest BCUT2D eigenvalue weighted by Gasteiger charge is 2.49. The summed E-state index contributed by atoms with van der Waals surface area (Å²) < 4.78 is 33.9. The van der Waals surface area contributed by atoms with E-state index in [9.17, 15) is 24.9 Å². The Kier molecular flexibility index (Phi) is 8.09. The predicted molar refractivity (Wildman–Crippen MR) is 146 cm³/mol. The molecule has 0 spiro atoms. The number of fused-ring (bicyclic) bond motifs is 1. The summed E-state index contributed by atoms with van der Waals surface area (Å²) in [5.41, 5.74) is 0.271. The lowest BCUT2D eigenvalue weighted by Gasteiger charge is -2.41. The Morgan fingerprint density at radius 1 is 0.878 bits per heavy atom. The Balaban J connectivity index is 1.60. The Labute approximate surface area is 235 Å². The SMILES string of the molecule is COc1ccc(-c2cc(=O)c3c(OC)c(C4OC(C(=O)NC5CCC5)C(O)C(O)C4O)c(OC)cc3o2)cc1OC. The molecule has 12 nitrogen and oxygen atoms in total. The highest BCUT2D eigenvalue weighted by atomic mass is 16.5. The summed E-state index contributed by atoms with van der Waals surface area (Å²) in [5, 5.41) is 35.1. The third-order valence-corrected chi connectivity index (χ3v) is 7.67. The first kappa shape index (κ1) is 28.7. The van der Waals surface area contributed by atoms with Gasteiger partial charge in [0, 0.05) is 23.7 Å². The second kappa shape index (κ2) is 11.6. The van der Waals surface area contributed by atoms with Gasteiger partial charge in [-0.1, -0.05) is 0 Å². The molecule has 41 heavy (non-hydrogen) atoms. The second-order valence-corrected chi connectivity index (χ2v) is 10.0. The van der Waals surface area contributed by atoms with Crippen LogP contribution < -0.4 is 29.7 Å². The van der Waals surface area contributed by atoms with Crippen LogP contribution >= 0.6 is 0 Å². The summed E-state index contributed by atoms with van der Waals surface area (Å²) >= 11 is 0. The highest BCUT2D eigenvalue weighted by Crippen LogP contribution is 2.46. The van der Waals surface area contributed by atoms with Crippen LogP contribution in [-0.2, 0) is 9.53 Å². The molecule has 4 N–H and O–H groups in total. The van der Waals surface area contributed by atoms with Gasteiger partial charge in [-0.25, -0.2) is 0 Å². The average Bonchev–Trinajstić information content (AvgIpc) is 2.96. The minimum atomic E-state index is -1.74. The number of carbonyl (C=O) groups excluding carboxylic acids is 1. The molecule has 2 aromatic carbocycles. The molecule has 0 radical (unpaired) electrons. The number of benzene rings is 2. The third kappa shape index (κ3) is 5.08. The van der Waals surface area contributed by atoms with Crippen LogP contribution in [0.4, 0.5) is 0 Å². The molecule has 3 aromatic rings. The quantitative estimate of drug-likeness (QED) is 0.311. The molecule has 12 heteroatoms. The van der Waals surface area contributed by atoms with Crippen LogP contribution in [-0.4, -0.2) is 80.1 Å². The fourth-order valence-electron chi connectivity index (χ4n) is 5.23. The molecule has 0 bridgehead atoms. The normalized spacial score (nSPS) is 24.4. The van der Waals surface area contributed by atoms with Crippen molar-refractivity contribution in [3.05, 3.63) is 46.1 Å². The van der Waals surface area contributed by atoms with E-state index in [2.05, 4.69) is 5.32 Å². The maximum absolute atomic E-state index is 13.5. The number of carbonyl (C=O) groups is 1. The van der Waals surface area contributed by atoms with Gasteiger partial charge in [-0.05, 0) is 37.5 Å². The summed E-state index contributed by atoms with van der Waals surface area (Å²) in [6.45, 7) is 0. The molecule has 5 unspecified atom stereocenters. The molecule has 1 aliphatic carbocycles. The molecular formula is C29H33NO11. The average molecular weight is 572 g/mol. The lowest BCUT2D eigenvalue weighted by molar-refractivity contribution is -0.223. The van der Waals surface area contributed by atoms with Crippen molar-refractivity contribution in [1.82, 2.24) is 5.32 Å². The molecule has 5 rings (SSSR count). The van der Waals surface area contributed by atoms with Crippen LogP contribution in [0.3, 0.4) is 0 Å². The summed E-state index contributed by atoms with van der Waals surface area (Å²) in [7, 11) is 5.69. The Morgan fingerprint density at radius 2 is 1.59 bits per heavy atom. The molecule has 1 amide bonds. The molecule has 1 saturated carbocycles. The van der Waals surface area contributed by atoms with Gasteiger partial charge in [-0.3, -0.25) is 9.59 Å². The Hall–Kier alpha value is -3.84. The smallest absolute Gasteiger partial charge is 0.252 e. The standard InChI is InChI=1S/C29H33NO11/c1-36-16-9-8-13(10-18(16)37-2)17-11-15(31)21-20(40-17)12-19(38-3)22(26(21)39-4)27-24(33)23(32)25(34)28(41-27)29(35)30-14-6-5-7-14/h8-12,14,23-25,27-28,32-34H,5-7H2,1-4H3,(H,30,35). The molecule has 1 aromatic heterocycles. The lowest BCUT2D eigenvalue weighted by atomic mass is 9.88. The van der Waals surface area contributed by atoms with Crippen LogP contribution in [0.25, 0.3) is 22.3 Å². The second-order valence-electron chi connectivity index (χ2n) is 10.0. The van der Waals surface area contributed by atoms with Crippen LogP contribution in [0, 0.1) is 0 Å². The largest absolute Gasteiger partial charge is 0.496 e. The summed E-state index contributed by atoms with van der Waals surface area (Å²) in [6, 6.07) is 7.74. The van der Waals surface area contributed by atoms with Crippen molar-refractivity contribution in [2.75, 3.05) is 28.4 Å². The summed E-state index contributed by atoms with van der Waals surface area (Å²) in [5.74, 6) is 0.644. The molecule has 1 aliphatic heterocycles. The van der Waals surface area contributed by atoms with Gasteiger partial charge >= 0.3 is 0 Å². The van der Waals surface area contributed by atoms with E-state index in [4.69, 9.17) is 28.1 Å². The van der Waals surface area contributed by atoms with Crippen LogP contribution in [0.5, 0.6) is 23.0 Å². The zero-order valence-electron chi connectivity index (χ0n) is 23.1. The van der Waals surface area contributed by atoms with E-state index < -0.39 is 41.9 Å². The maximum atomic E-state index is 13.5. The first-order chi connectivity index (χ1) is 19.7. The number of aliphatic hydroxyl groups is 3. The number of methoxy groups -OCH3 is 4. The van der Waals surface area contributed by atoms with E-state index in [1.54, 1.807) is 18.2 Å². The number of hydrogen-bond acceptors (Lipinski definition) is 11. The van der Waals surface area contributed by atoms with Gasteiger partial charge in [0.2, 0.25) is 0 Å². The van der Waals surface area contributed by atoms with Gasteiger partial charge in [0.15, 0.2) is 23.0 Å². The molecular weight excluding hydrogens is 538 g/mol. The predicted octanol–water partition coefficient (Wildman–Crippen LogP) is 1.69. The highest BCUT2D eigenvalue weighted by molar-refractivity contribution is 5.89. The van der Waals surface area contributed by atoms with E-state index in [-0.39, 0.29) is 39.8 Å². The number of nitrogens with one attached hydrogen (secondary N) is 1. The van der Waals surface area contributed by atoms with E-state index in [1.807, 2.05) is 0 Å². The van der Waals surface area contributed by atoms with Crippen molar-refractivity contribution < 1.29 is 48.2 Å². The zero-order valence-corrected chi connectivity index (χ0v) is 23.1. The topological polar surface area (TPSA) is 166 Å². The first-order valence-corrected chi connectivity index (χ1v) is 13.2. The Morgan fingerprint density at radius 3 is 2.20 bits per heavy atom. The monoisotopic (exact) mass is 571 g/mol. The summed E-state index contributed by atoms with van der Waals surface area (Å²) in [6.07, 6.45) is -5.42. The third-order valence-electron chi connectivity index (χ3n) is 7.67. The zero-order chi connectivity index (χ0) is 29.4. The van der Waals surface area contributed by atoms with Gasteiger partial charge in [0.25, 0.3) is 5.91 Å². The van der Waals surface area contributed by atoms with Gasteiger partial charge in [-0.15, -0.1) is 0 Å². The fourth-order valence-corrected chi connectivity index (χ4v) is 5.23. The lowest BCUT2D eigenvalue weighted by Crippen LogP contribution is -2.60. The van der Waals surface area contributed by atoms with Gasteiger partial charge in [-0.2, -0.15) is 0 Å². The van der Waals surface area contributed by atoms with Crippen LogP contribution in [0.2, 0.25) is 0 Å². The summed E-state index contributed by atoms with van der Waals surface area (Å²) in [4.78, 5) is 26.4. The fraction of sp³-hybridized carbons (Fsp3) is 0.448. The van der Waals surface area contributed by atoms with Crippen molar-refractivity contribution in [1.29, 1.82) is 0 Å². The molecule has 2 heterocycles. The first-order valence-electron chi connectivity index (χ1n) is 13.2. The number of amides is 1. The van der Waals surface area contributed by atoms with Crippen molar-refractivity contribution >= 4 is 16.9 Å².